The first kappa shape index (κ1) is 30.9. The zero-order chi connectivity index (χ0) is 23.9. The summed E-state index contributed by atoms with van der Waals surface area (Å²) in [6.07, 6.45) is 21.0. The van der Waals surface area contributed by atoms with Crippen LogP contribution >= 0.6 is 0 Å². The summed E-state index contributed by atoms with van der Waals surface area (Å²) in [7, 11) is -3.58. The van der Waals surface area contributed by atoms with E-state index in [4.69, 9.17) is 5.84 Å². The van der Waals surface area contributed by atoms with Gasteiger partial charge in [-0.05, 0) is 19.3 Å². The first-order valence-electron chi connectivity index (χ1n) is 12.9. The lowest BCUT2D eigenvalue weighted by Crippen LogP contribution is -2.32. The second kappa shape index (κ2) is 21.7. The molecule has 0 spiro atoms. The fraction of sp³-hybridized carbons (Fsp3) is 0.917. The van der Waals surface area contributed by atoms with Gasteiger partial charge in [0, 0.05) is 12.8 Å². The topological polar surface area (TPSA) is 118 Å². The average Bonchev–Trinajstić information content (AvgIpc) is 2.75. The van der Waals surface area contributed by atoms with Gasteiger partial charge in [-0.15, -0.1) is 0 Å². The van der Waals surface area contributed by atoms with Gasteiger partial charge in [0.1, 0.15) is 0 Å². The maximum absolute atomic E-state index is 11.9. The van der Waals surface area contributed by atoms with Gasteiger partial charge in [-0.3, -0.25) is 19.7 Å². The molecule has 7 nitrogen and oxygen atoms in total. The molecule has 0 fully saturated rings. The van der Waals surface area contributed by atoms with E-state index < -0.39 is 15.9 Å². The summed E-state index contributed by atoms with van der Waals surface area (Å²) in [5, 5.41) is 0. The van der Waals surface area contributed by atoms with E-state index in [0.29, 0.717) is 19.3 Å². The Bertz CT molecular complexity index is 568. The van der Waals surface area contributed by atoms with Gasteiger partial charge >= 0.3 is 0 Å². The van der Waals surface area contributed by atoms with Crippen molar-refractivity contribution < 1.29 is 18.0 Å². The van der Waals surface area contributed by atoms with E-state index in [1.807, 2.05) is 5.43 Å². The van der Waals surface area contributed by atoms with E-state index >= 15 is 0 Å². The quantitative estimate of drug-likeness (QED) is 0.0807. The van der Waals surface area contributed by atoms with Crippen molar-refractivity contribution in [1.82, 2.24) is 10.1 Å². The third-order valence-corrected chi connectivity index (χ3v) is 7.12. The Kier molecular flexibility index (Phi) is 20.9. The van der Waals surface area contributed by atoms with Crippen molar-refractivity contribution in [3.05, 3.63) is 0 Å². The minimum absolute atomic E-state index is 0.0954. The highest BCUT2D eigenvalue weighted by Crippen LogP contribution is 2.13. The van der Waals surface area contributed by atoms with E-state index in [0.717, 1.165) is 19.3 Å². The molecule has 4 N–H and O–H groups in total. The minimum Gasteiger partial charge on any atom is -0.294 e. The number of nitrogens with two attached hydrogens (primary N) is 1. The van der Waals surface area contributed by atoms with Crippen LogP contribution in [0.15, 0.2) is 0 Å². The lowest BCUT2D eigenvalue weighted by Gasteiger charge is -2.07. The summed E-state index contributed by atoms with van der Waals surface area (Å²) in [6.45, 7) is 2.25. The Morgan fingerprint density at radius 2 is 0.969 bits per heavy atom. The zero-order valence-corrected chi connectivity index (χ0v) is 21.3. The fourth-order valence-electron chi connectivity index (χ4n) is 3.76. The first-order valence-corrected chi connectivity index (χ1v) is 14.6. The smallest absolute Gasteiger partial charge is 0.234 e. The molecule has 0 aromatic rings. The van der Waals surface area contributed by atoms with Crippen molar-refractivity contribution in [2.45, 2.75) is 135 Å². The molecule has 0 bridgehead atoms. The van der Waals surface area contributed by atoms with Crippen LogP contribution in [0, 0.1) is 0 Å². The molecule has 32 heavy (non-hydrogen) atoms. The number of hydrazine groups is 1. The van der Waals surface area contributed by atoms with Crippen LogP contribution in [-0.4, -0.2) is 26.0 Å². The van der Waals surface area contributed by atoms with Crippen molar-refractivity contribution in [2.75, 3.05) is 5.75 Å². The maximum Gasteiger partial charge on any atom is 0.234 e. The molecule has 0 atom stereocenters. The molecular formula is C24H49N3O4S. The second-order valence-electron chi connectivity index (χ2n) is 8.92. The van der Waals surface area contributed by atoms with Gasteiger partial charge in [-0.25, -0.2) is 14.3 Å². The molecule has 0 heterocycles. The molecule has 0 radical (unpaired) electrons. The highest BCUT2D eigenvalue weighted by Gasteiger charge is 2.14. The molecule has 0 rings (SSSR count). The highest BCUT2D eigenvalue weighted by molar-refractivity contribution is 7.90. The normalized spacial score (nSPS) is 11.4. The number of carbonyl (C=O) groups is 2. The molecule has 0 aliphatic heterocycles. The van der Waals surface area contributed by atoms with Crippen LogP contribution < -0.4 is 16.0 Å². The van der Waals surface area contributed by atoms with Crippen LogP contribution in [-0.2, 0) is 19.6 Å². The Morgan fingerprint density at radius 3 is 1.41 bits per heavy atom. The van der Waals surface area contributed by atoms with Crippen molar-refractivity contribution in [2.24, 2.45) is 5.84 Å². The van der Waals surface area contributed by atoms with E-state index in [-0.39, 0.29) is 24.5 Å². The monoisotopic (exact) mass is 475 g/mol. The van der Waals surface area contributed by atoms with Crippen molar-refractivity contribution in [3.8, 4) is 0 Å². The SMILES string of the molecule is CCCCCCCCCCCCCCCCCC(=O)NS(=O)(=O)CCCCCC(=O)NN. The largest absolute Gasteiger partial charge is 0.294 e. The molecule has 0 aromatic carbocycles. The lowest BCUT2D eigenvalue weighted by atomic mass is 10.0. The molecule has 0 saturated heterocycles. The summed E-state index contributed by atoms with van der Waals surface area (Å²) in [6, 6.07) is 0. The molecule has 0 aromatic heterocycles. The second-order valence-corrected chi connectivity index (χ2v) is 10.8. The molecule has 190 valence electrons. The van der Waals surface area contributed by atoms with E-state index in [2.05, 4.69) is 11.6 Å². The van der Waals surface area contributed by atoms with Crippen molar-refractivity contribution >= 4 is 21.8 Å². The number of rotatable bonds is 23. The minimum atomic E-state index is -3.58. The van der Waals surface area contributed by atoms with Crippen LogP contribution in [0.1, 0.15) is 135 Å². The standard InChI is InChI=1S/C24H49N3O4S/c1-2-3-4-5-6-7-8-9-10-11-12-13-14-15-17-21-24(29)27-32(30,31)22-19-16-18-20-23(28)26-25/h2-22,25H2,1H3,(H,26,28)(H,27,29). The summed E-state index contributed by atoms with van der Waals surface area (Å²) in [4.78, 5) is 22.8. The Balaban J connectivity index is 3.47. The molecule has 8 heteroatoms. The number of unbranched alkanes of at least 4 members (excludes halogenated alkanes) is 16. The van der Waals surface area contributed by atoms with Gasteiger partial charge in [-0.1, -0.05) is 103 Å². The molecule has 0 saturated carbocycles. The molecule has 0 aliphatic carbocycles. The number of hydrogen-bond donors (Lipinski definition) is 3. The van der Waals surface area contributed by atoms with Gasteiger partial charge in [0.15, 0.2) is 0 Å². The highest BCUT2D eigenvalue weighted by atomic mass is 32.2. The van der Waals surface area contributed by atoms with Gasteiger partial charge in [0.25, 0.3) is 0 Å². The molecule has 0 aliphatic rings. The van der Waals surface area contributed by atoms with Crippen LogP contribution in [0.5, 0.6) is 0 Å². The summed E-state index contributed by atoms with van der Waals surface area (Å²) >= 11 is 0. The number of sulfonamides is 1. The maximum atomic E-state index is 11.9. The van der Waals surface area contributed by atoms with Crippen molar-refractivity contribution in [3.63, 3.8) is 0 Å². The molecule has 2 amide bonds. The average molecular weight is 476 g/mol. The number of carbonyl (C=O) groups excluding carboxylic acids is 2. The van der Waals surface area contributed by atoms with Gasteiger partial charge in [-0.2, -0.15) is 0 Å². The zero-order valence-electron chi connectivity index (χ0n) is 20.5. The third kappa shape index (κ3) is 22.1. The number of hydrogen-bond acceptors (Lipinski definition) is 5. The van der Waals surface area contributed by atoms with E-state index in [9.17, 15) is 18.0 Å². The van der Waals surface area contributed by atoms with Gasteiger partial charge < -0.3 is 0 Å². The molecular weight excluding hydrogens is 426 g/mol. The summed E-state index contributed by atoms with van der Waals surface area (Å²) in [5.41, 5.74) is 2.04. The van der Waals surface area contributed by atoms with Gasteiger partial charge in [0.2, 0.25) is 21.8 Å². The third-order valence-electron chi connectivity index (χ3n) is 5.75. The summed E-state index contributed by atoms with van der Waals surface area (Å²) in [5.74, 6) is 4.21. The lowest BCUT2D eigenvalue weighted by molar-refractivity contribution is -0.121. The Morgan fingerprint density at radius 1 is 0.594 bits per heavy atom. The van der Waals surface area contributed by atoms with Crippen LogP contribution in [0.2, 0.25) is 0 Å². The fourth-order valence-corrected chi connectivity index (χ4v) is 4.89. The van der Waals surface area contributed by atoms with Crippen molar-refractivity contribution in [1.29, 1.82) is 0 Å². The Labute approximate surface area is 197 Å². The van der Waals surface area contributed by atoms with E-state index in [1.165, 1.54) is 77.0 Å². The Hall–Kier alpha value is -1.15. The molecule has 0 unspecified atom stereocenters. The van der Waals surface area contributed by atoms with Crippen LogP contribution in [0.3, 0.4) is 0 Å². The van der Waals surface area contributed by atoms with Crippen LogP contribution in [0.25, 0.3) is 0 Å². The predicted molar refractivity (Wildman–Crippen MR) is 132 cm³/mol. The first-order chi connectivity index (χ1) is 15.4. The van der Waals surface area contributed by atoms with Crippen LogP contribution in [0.4, 0.5) is 0 Å². The number of nitrogens with one attached hydrogen (secondary N) is 2. The van der Waals surface area contributed by atoms with E-state index in [1.54, 1.807) is 0 Å². The predicted octanol–water partition coefficient (Wildman–Crippen LogP) is 5.24. The van der Waals surface area contributed by atoms with Gasteiger partial charge in [0.05, 0.1) is 5.75 Å². The summed E-state index contributed by atoms with van der Waals surface area (Å²) < 4.78 is 26.0. The number of amides is 2.